The molecule has 1 fully saturated rings. The number of nitrogens with two attached hydrogens (primary N) is 1. The predicted octanol–water partition coefficient (Wildman–Crippen LogP) is 1.69. The fourth-order valence-corrected chi connectivity index (χ4v) is 2.53. The van der Waals surface area contributed by atoms with Crippen LogP contribution in [0.15, 0.2) is 0 Å². The highest BCUT2D eigenvalue weighted by Gasteiger charge is 2.66. The Hall–Kier alpha value is -1.13. The van der Waals surface area contributed by atoms with E-state index in [4.69, 9.17) is 5.73 Å². The molecule has 1 aromatic heterocycles. The van der Waals surface area contributed by atoms with Crippen molar-refractivity contribution in [3.05, 3.63) is 11.3 Å². The first-order valence-corrected chi connectivity index (χ1v) is 4.81. The molecule has 1 heterocycles. The van der Waals surface area contributed by atoms with Crippen LogP contribution in [0.4, 0.5) is 14.6 Å². The van der Waals surface area contributed by atoms with Gasteiger partial charge in [-0.2, -0.15) is 13.9 Å². The molecule has 5 heteroatoms. The van der Waals surface area contributed by atoms with Gasteiger partial charge in [0, 0.05) is 18.0 Å². The first-order chi connectivity index (χ1) is 6.57. The predicted molar refractivity (Wildman–Crippen MR) is 47.1 cm³/mol. The Kier molecular flexibility index (Phi) is 1.23. The number of alkyl halides is 2. The van der Waals surface area contributed by atoms with Crippen LogP contribution >= 0.6 is 0 Å². The molecule has 2 aliphatic rings. The van der Waals surface area contributed by atoms with Crippen LogP contribution in [-0.4, -0.2) is 9.78 Å². The number of rotatable bonds is 1. The number of hydrogen-bond acceptors (Lipinski definition) is 2. The normalized spacial score (nSPS) is 31.4. The number of anilines is 1. The lowest BCUT2D eigenvalue weighted by Gasteiger charge is -2.13. The summed E-state index contributed by atoms with van der Waals surface area (Å²) in [6, 6.07) is 0. The minimum absolute atomic E-state index is 0.0275. The standard InChI is InChI=1S/C9H11F2N3/c1-2-14-7-6(8(12)13-14)4-3-5(4)9(7,10)11/h4-5H,2-3H2,1H3,(H2,12,13)/t4-,5+/m0/s1. The number of nitrogens with zero attached hydrogens (tertiary/aromatic N) is 2. The van der Waals surface area contributed by atoms with E-state index in [1.165, 1.54) is 4.68 Å². The maximum absolute atomic E-state index is 13.7. The lowest BCUT2D eigenvalue weighted by Crippen LogP contribution is -2.19. The number of aromatic nitrogens is 2. The highest BCUT2D eigenvalue weighted by Crippen LogP contribution is 2.68. The van der Waals surface area contributed by atoms with Gasteiger partial charge in [0.1, 0.15) is 11.5 Å². The molecule has 2 aliphatic carbocycles. The first-order valence-electron chi connectivity index (χ1n) is 4.81. The van der Waals surface area contributed by atoms with Gasteiger partial charge in [-0.05, 0) is 19.3 Å². The van der Waals surface area contributed by atoms with E-state index in [-0.39, 0.29) is 11.6 Å². The van der Waals surface area contributed by atoms with Gasteiger partial charge in [0.15, 0.2) is 0 Å². The van der Waals surface area contributed by atoms with Gasteiger partial charge in [-0.25, -0.2) is 0 Å². The van der Waals surface area contributed by atoms with Gasteiger partial charge in [-0.3, -0.25) is 4.68 Å². The second-order valence-electron chi connectivity index (χ2n) is 4.03. The molecule has 0 bridgehead atoms. The Morgan fingerprint density at radius 3 is 3.00 bits per heavy atom. The van der Waals surface area contributed by atoms with Crippen molar-refractivity contribution in [1.29, 1.82) is 0 Å². The van der Waals surface area contributed by atoms with E-state index in [1.54, 1.807) is 6.92 Å². The average molecular weight is 199 g/mol. The Labute approximate surface area is 79.9 Å². The monoisotopic (exact) mass is 199 g/mol. The van der Waals surface area contributed by atoms with Crippen molar-refractivity contribution in [2.45, 2.75) is 31.7 Å². The number of nitrogen functional groups attached to an aromatic ring is 1. The second kappa shape index (κ2) is 2.10. The van der Waals surface area contributed by atoms with E-state index in [0.717, 1.165) is 0 Å². The molecule has 0 aliphatic heterocycles. The molecule has 1 saturated carbocycles. The number of halogens is 2. The third kappa shape index (κ3) is 0.701. The SMILES string of the molecule is CCn1nc(N)c2c1C(F)(F)[C@@H]1C[C@H]21. The molecule has 1 aromatic rings. The molecule has 0 spiro atoms. The van der Waals surface area contributed by atoms with Crippen molar-refractivity contribution in [3.63, 3.8) is 0 Å². The van der Waals surface area contributed by atoms with Crippen LogP contribution in [0.5, 0.6) is 0 Å². The van der Waals surface area contributed by atoms with Gasteiger partial charge in [0.2, 0.25) is 0 Å². The summed E-state index contributed by atoms with van der Waals surface area (Å²) in [6.45, 7) is 2.25. The summed E-state index contributed by atoms with van der Waals surface area (Å²) in [6.07, 6.45) is 0.569. The fraction of sp³-hybridized carbons (Fsp3) is 0.667. The largest absolute Gasteiger partial charge is 0.382 e. The third-order valence-electron chi connectivity index (χ3n) is 3.26. The van der Waals surface area contributed by atoms with E-state index in [0.29, 0.717) is 24.3 Å². The summed E-state index contributed by atoms with van der Waals surface area (Å²) in [5.74, 6) is -2.94. The Bertz CT molecular complexity index is 410. The highest BCUT2D eigenvalue weighted by atomic mass is 19.3. The molecule has 0 saturated heterocycles. The van der Waals surface area contributed by atoms with Gasteiger partial charge in [-0.15, -0.1) is 0 Å². The zero-order valence-corrected chi connectivity index (χ0v) is 7.80. The Balaban J connectivity index is 2.26. The minimum atomic E-state index is -2.71. The second-order valence-corrected chi connectivity index (χ2v) is 4.03. The Morgan fingerprint density at radius 1 is 1.64 bits per heavy atom. The van der Waals surface area contributed by atoms with Gasteiger partial charge in [0.05, 0.1) is 0 Å². The summed E-state index contributed by atoms with van der Waals surface area (Å²) >= 11 is 0. The van der Waals surface area contributed by atoms with Crippen molar-refractivity contribution in [1.82, 2.24) is 9.78 Å². The minimum Gasteiger partial charge on any atom is -0.382 e. The molecule has 76 valence electrons. The van der Waals surface area contributed by atoms with Crippen molar-refractivity contribution in [2.24, 2.45) is 5.92 Å². The number of aryl methyl sites for hydroxylation is 1. The van der Waals surface area contributed by atoms with E-state index in [2.05, 4.69) is 5.10 Å². The molecule has 2 atom stereocenters. The number of hydrogen-bond donors (Lipinski definition) is 1. The molecule has 0 aromatic carbocycles. The van der Waals surface area contributed by atoms with Crippen LogP contribution in [0.25, 0.3) is 0 Å². The summed E-state index contributed by atoms with van der Waals surface area (Å²) in [5.41, 5.74) is 6.32. The molecule has 2 N–H and O–H groups in total. The van der Waals surface area contributed by atoms with Crippen LogP contribution in [0.1, 0.15) is 30.5 Å². The lowest BCUT2D eigenvalue weighted by molar-refractivity contribution is -0.0308. The maximum Gasteiger partial charge on any atom is 0.293 e. The third-order valence-corrected chi connectivity index (χ3v) is 3.26. The van der Waals surface area contributed by atoms with E-state index in [1.807, 2.05) is 0 Å². The van der Waals surface area contributed by atoms with E-state index in [9.17, 15) is 8.78 Å². The smallest absolute Gasteiger partial charge is 0.293 e. The van der Waals surface area contributed by atoms with Crippen molar-refractivity contribution < 1.29 is 8.78 Å². The molecule has 3 rings (SSSR count). The molecule has 0 unspecified atom stereocenters. The fourth-order valence-electron chi connectivity index (χ4n) is 2.53. The topological polar surface area (TPSA) is 43.8 Å². The lowest BCUT2D eigenvalue weighted by atomic mass is 10.1. The zero-order chi connectivity index (χ0) is 10.1. The maximum atomic E-state index is 13.7. The van der Waals surface area contributed by atoms with Crippen molar-refractivity contribution in [3.8, 4) is 0 Å². The van der Waals surface area contributed by atoms with Crippen LogP contribution in [0.3, 0.4) is 0 Å². The van der Waals surface area contributed by atoms with Crippen LogP contribution in [-0.2, 0) is 12.5 Å². The summed E-state index contributed by atoms with van der Waals surface area (Å²) < 4.78 is 28.8. The van der Waals surface area contributed by atoms with Crippen molar-refractivity contribution >= 4 is 5.82 Å². The Morgan fingerprint density at radius 2 is 2.36 bits per heavy atom. The van der Waals surface area contributed by atoms with Gasteiger partial charge in [0.25, 0.3) is 5.92 Å². The van der Waals surface area contributed by atoms with Crippen LogP contribution in [0.2, 0.25) is 0 Å². The number of fused-ring (bicyclic) bond motifs is 3. The van der Waals surface area contributed by atoms with Crippen LogP contribution in [0, 0.1) is 5.92 Å². The summed E-state index contributed by atoms with van der Waals surface area (Å²) in [4.78, 5) is 0. The highest BCUT2D eigenvalue weighted by molar-refractivity contribution is 5.55. The molecule has 3 nitrogen and oxygen atoms in total. The van der Waals surface area contributed by atoms with Crippen molar-refractivity contribution in [2.75, 3.05) is 5.73 Å². The van der Waals surface area contributed by atoms with Gasteiger partial charge < -0.3 is 5.73 Å². The van der Waals surface area contributed by atoms with Gasteiger partial charge in [-0.1, -0.05) is 0 Å². The molecular weight excluding hydrogens is 188 g/mol. The van der Waals surface area contributed by atoms with Gasteiger partial charge >= 0.3 is 0 Å². The van der Waals surface area contributed by atoms with E-state index < -0.39 is 11.8 Å². The first kappa shape index (κ1) is 8.20. The van der Waals surface area contributed by atoms with Crippen LogP contribution < -0.4 is 5.73 Å². The van der Waals surface area contributed by atoms with E-state index >= 15 is 0 Å². The zero-order valence-electron chi connectivity index (χ0n) is 7.80. The molecule has 0 radical (unpaired) electrons. The molecule has 0 amide bonds. The average Bonchev–Trinajstić information content (AvgIpc) is 2.79. The quantitative estimate of drug-likeness (QED) is 0.748. The summed E-state index contributed by atoms with van der Waals surface area (Å²) in [7, 11) is 0. The molecule has 14 heavy (non-hydrogen) atoms. The summed E-state index contributed by atoms with van der Waals surface area (Å²) in [5, 5.41) is 3.94. The molecular formula is C9H11F2N3.